The summed E-state index contributed by atoms with van der Waals surface area (Å²) in [7, 11) is -3.17. The van der Waals surface area contributed by atoms with Gasteiger partial charge in [-0.15, -0.1) is 0 Å². The van der Waals surface area contributed by atoms with Crippen LogP contribution in [-0.4, -0.2) is 25.7 Å². The lowest BCUT2D eigenvalue weighted by atomic mass is 10.0. The number of H-pyrrole nitrogens is 1. The van der Waals surface area contributed by atoms with Crippen LogP contribution in [0.2, 0.25) is 0 Å². The largest absolute Gasteiger partial charge is 0.361 e. The van der Waals surface area contributed by atoms with E-state index in [9.17, 15) is 8.42 Å². The van der Waals surface area contributed by atoms with E-state index in [0.717, 1.165) is 29.3 Å². The summed E-state index contributed by atoms with van der Waals surface area (Å²) in [6.45, 7) is 2.04. The molecule has 2 rings (SSSR count). The van der Waals surface area contributed by atoms with Gasteiger partial charge in [-0.25, -0.2) is 8.42 Å². The first-order valence-corrected chi connectivity index (χ1v) is 7.86. The van der Waals surface area contributed by atoms with Gasteiger partial charge in [0.25, 0.3) is 0 Å². The number of nitrogens with one attached hydrogen (secondary N) is 1. The van der Waals surface area contributed by atoms with E-state index >= 15 is 0 Å². The second kappa shape index (κ2) is 4.74. The molecule has 0 amide bonds. The van der Waals surface area contributed by atoms with Crippen LogP contribution in [0.15, 0.2) is 29.3 Å². The number of aromatic nitrogens is 1. The Balaban J connectivity index is 2.50. The van der Waals surface area contributed by atoms with Gasteiger partial charge in [0.1, 0.15) is 0 Å². The maximum atomic E-state index is 11.6. The number of nitrogens with two attached hydrogens (primary N) is 1. The highest BCUT2D eigenvalue weighted by Crippen LogP contribution is 2.23. The summed E-state index contributed by atoms with van der Waals surface area (Å²) in [4.78, 5) is 3.49. The highest BCUT2D eigenvalue weighted by atomic mass is 32.2. The summed E-state index contributed by atoms with van der Waals surface area (Å²) in [6.07, 6.45) is 4.78. The lowest BCUT2D eigenvalue weighted by Gasteiger charge is -2.07. The maximum absolute atomic E-state index is 11.6. The zero-order chi connectivity index (χ0) is 13.3. The summed E-state index contributed by atoms with van der Waals surface area (Å²) in [5.74, 6) is 0. The monoisotopic (exact) mass is 266 g/mol. The zero-order valence-electron chi connectivity index (χ0n) is 10.6. The molecule has 0 saturated carbocycles. The van der Waals surface area contributed by atoms with Crippen LogP contribution in [0.5, 0.6) is 0 Å². The van der Waals surface area contributed by atoms with Crippen LogP contribution in [0, 0.1) is 0 Å². The molecule has 0 spiro atoms. The lowest BCUT2D eigenvalue weighted by Crippen LogP contribution is -2.21. The van der Waals surface area contributed by atoms with E-state index in [2.05, 4.69) is 4.98 Å². The van der Waals surface area contributed by atoms with Crippen LogP contribution >= 0.6 is 0 Å². The highest BCUT2D eigenvalue weighted by molar-refractivity contribution is 7.90. The fourth-order valence-corrected chi connectivity index (χ4v) is 2.63. The van der Waals surface area contributed by atoms with Crippen molar-refractivity contribution in [2.24, 2.45) is 5.73 Å². The fourth-order valence-electron chi connectivity index (χ4n) is 1.98. The molecule has 1 heterocycles. The van der Waals surface area contributed by atoms with Crippen molar-refractivity contribution >= 4 is 20.7 Å². The molecule has 0 aliphatic heterocycles. The SMILES string of the molecule is CCC(N)Cc1c[nH]c2ccc(S(C)(=O)=O)cc12. The van der Waals surface area contributed by atoms with Gasteiger partial charge < -0.3 is 10.7 Å². The Morgan fingerprint density at radius 3 is 2.72 bits per heavy atom. The van der Waals surface area contributed by atoms with Crippen LogP contribution < -0.4 is 5.73 Å². The predicted molar refractivity (Wildman–Crippen MR) is 73.4 cm³/mol. The topological polar surface area (TPSA) is 76.0 Å². The van der Waals surface area contributed by atoms with Gasteiger partial charge in [-0.3, -0.25) is 0 Å². The summed E-state index contributed by atoms with van der Waals surface area (Å²) >= 11 is 0. The molecule has 0 aliphatic carbocycles. The molecule has 1 aromatic heterocycles. The molecule has 0 radical (unpaired) electrons. The highest BCUT2D eigenvalue weighted by Gasteiger charge is 2.12. The number of hydrogen-bond acceptors (Lipinski definition) is 3. The number of fused-ring (bicyclic) bond motifs is 1. The second-order valence-corrected chi connectivity index (χ2v) is 6.68. The van der Waals surface area contributed by atoms with E-state index in [1.54, 1.807) is 18.2 Å². The van der Waals surface area contributed by atoms with Crippen LogP contribution in [0.3, 0.4) is 0 Å². The van der Waals surface area contributed by atoms with Gasteiger partial charge in [0.05, 0.1) is 4.90 Å². The van der Waals surface area contributed by atoms with Crippen molar-refractivity contribution in [3.63, 3.8) is 0 Å². The molecule has 4 nitrogen and oxygen atoms in total. The van der Waals surface area contributed by atoms with Crippen molar-refractivity contribution in [1.82, 2.24) is 4.98 Å². The second-order valence-electron chi connectivity index (χ2n) is 4.67. The average molecular weight is 266 g/mol. The average Bonchev–Trinajstić information content (AvgIpc) is 2.70. The minimum atomic E-state index is -3.17. The third-order valence-electron chi connectivity index (χ3n) is 3.17. The van der Waals surface area contributed by atoms with Gasteiger partial charge in [-0.1, -0.05) is 6.92 Å². The first kappa shape index (κ1) is 13.1. The Bertz CT molecular complexity index is 659. The lowest BCUT2D eigenvalue weighted by molar-refractivity contribution is 0.602. The van der Waals surface area contributed by atoms with Crippen LogP contribution in [0.4, 0.5) is 0 Å². The van der Waals surface area contributed by atoms with E-state index in [1.807, 2.05) is 13.1 Å². The van der Waals surface area contributed by atoms with E-state index in [1.165, 1.54) is 6.26 Å². The maximum Gasteiger partial charge on any atom is 0.175 e. The fraction of sp³-hybridized carbons (Fsp3) is 0.385. The van der Waals surface area contributed by atoms with Crippen molar-refractivity contribution in [3.8, 4) is 0 Å². The molecule has 1 unspecified atom stereocenters. The van der Waals surface area contributed by atoms with Gasteiger partial charge in [0.15, 0.2) is 9.84 Å². The van der Waals surface area contributed by atoms with Gasteiger partial charge in [0.2, 0.25) is 0 Å². The number of rotatable bonds is 4. The van der Waals surface area contributed by atoms with E-state index < -0.39 is 9.84 Å². The van der Waals surface area contributed by atoms with Gasteiger partial charge >= 0.3 is 0 Å². The van der Waals surface area contributed by atoms with Crippen LogP contribution in [0.1, 0.15) is 18.9 Å². The van der Waals surface area contributed by atoms with E-state index in [4.69, 9.17) is 5.73 Å². The molecule has 1 aromatic carbocycles. The minimum absolute atomic E-state index is 0.103. The van der Waals surface area contributed by atoms with Gasteiger partial charge in [-0.05, 0) is 36.6 Å². The Labute approximate surface area is 107 Å². The van der Waals surface area contributed by atoms with Crippen LogP contribution in [-0.2, 0) is 16.3 Å². The third-order valence-corrected chi connectivity index (χ3v) is 4.28. The number of aromatic amines is 1. The van der Waals surface area contributed by atoms with Crippen molar-refractivity contribution in [3.05, 3.63) is 30.0 Å². The predicted octanol–water partition coefficient (Wildman–Crippen LogP) is 1.85. The summed E-state index contributed by atoms with van der Waals surface area (Å²) in [6, 6.07) is 5.24. The molecule has 18 heavy (non-hydrogen) atoms. The normalized spacial score (nSPS) is 13.9. The van der Waals surface area contributed by atoms with E-state index in [0.29, 0.717) is 4.90 Å². The molecule has 1 atom stereocenters. The quantitative estimate of drug-likeness (QED) is 0.886. The molecule has 0 bridgehead atoms. The third kappa shape index (κ3) is 2.57. The number of benzene rings is 1. The van der Waals surface area contributed by atoms with Crippen molar-refractivity contribution < 1.29 is 8.42 Å². The minimum Gasteiger partial charge on any atom is -0.361 e. The zero-order valence-corrected chi connectivity index (χ0v) is 11.4. The number of sulfone groups is 1. The standard InChI is InChI=1S/C13H18N2O2S/c1-3-10(14)6-9-8-15-13-5-4-11(7-12(9)13)18(2,16)17/h4-5,7-8,10,15H,3,6,14H2,1-2H3. The first-order chi connectivity index (χ1) is 8.41. The Hall–Kier alpha value is -1.33. The molecule has 0 aliphatic rings. The van der Waals surface area contributed by atoms with Gasteiger partial charge in [-0.2, -0.15) is 0 Å². The number of hydrogen-bond donors (Lipinski definition) is 2. The molecular weight excluding hydrogens is 248 g/mol. The molecule has 5 heteroatoms. The van der Waals surface area contributed by atoms with Crippen molar-refractivity contribution in [2.45, 2.75) is 30.7 Å². The Morgan fingerprint density at radius 2 is 2.11 bits per heavy atom. The molecule has 0 fully saturated rings. The summed E-state index contributed by atoms with van der Waals surface area (Å²) in [5, 5.41) is 0.946. The van der Waals surface area contributed by atoms with Gasteiger partial charge in [0, 0.05) is 29.4 Å². The molecule has 0 saturated heterocycles. The van der Waals surface area contributed by atoms with Crippen molar-refractivity contribution in [1.29, 1.82) is 0 Å². The van der Waals surface area contributed by atoms with Crippen molar-refractivity contribution in [2.75, 3.05) is 6.26 Å². The smallest absolute Gasteiger partial charge is 0.175 e. The summed E-state index contributed by atoms with van der Waals surface area (Å²) < 4.78 is 23.1. The summed E-state index contributed by atoms with van der Waals surface area (Å²) in [5.41, 5.74) is 7.97. The molecule has 2 aromatic rings. The first-order valence-electron chi connectivity index (χ1n) is 5.97. The molecule has 3 N–H and O–H groups in total. The van der Waals surface area contributed by atoms with Crippen LogP contribution in [0.25, 0.3) is 10.9 Å². The molecule has 98 valence electrons. The Morgan fingerprint density at radius 1 is 1.39 bits per heavy atom. The van der Waals surface area contributed by atoms with E-state index in [-0.39, 0.29) is 6.04 Å². The Kier molecular flexibility index (Phi) is 3.45. The molecular formula is C13H18N2O2S.